The number of benzene rings is 3. The second-order valence-electron chi connectivity index (χ2n) is 9.81. The highest BCUT2D eigenvalue weighted by atomic mass is 35.5. The van der Waals surface area contributed by atoms with Crippen molar-refractivity contribution in [1.29, 1.82) is 0 Å². The van der Waals surface area contributed by atoms with Gasteiger partial charge in [-0.15, -0.1) is 0 Å². The molecule has 3 aromatic rings. The smallest absolute Gasteiger partial charge is 0.416 e. The second kappa shape index (κ2) is 9.86. The molecule has 10 heteroatoms. The van der Waals surface area contributed by atoms with Gasteiger partial charge < -0.3 is 14.7 Å². The van der Waals surface area contributed by atoms with E-state index in [1.165, 1.54) is 11.0 Å². The van der Waals surface area contributed by atoms with E-state index in [2.05, 4.69) is 0 Å². The van der Waals surface area contributed by atoms with Gasteiger partial charge in [-0.25, -0.2) is 4.39 Å². The molecule has 2 aliphatic heterocycles. The Hall–Kier alpha value is -3.59. The number of rotatable bonds is 4. The summed E-state index contributed by atoms with van der Waals surface area (Å²) in [5.74, 6) is -2.13. The van der Waals surface area contributed by atoms with Crippen LogP contribution in [0, 0.1) is 19.7 Å². The number of aryl methyl sites for hydroxylation is 1. The third-order valence-corrected chi connectivity index (χ3v) is 7.75. The maximum absolute atomic E-state index is 15.2. The predicted octanol–water partition coefficient (Wildman–Crippen LogP) is 6.94. The van der Waals surface area contributed by atoms with Crippen LogP contribution in [-0.2, 0) is 30.2 Å². The number of nitrogens with zero attached hydrogens (tertiary/aromatic N) is 1. The van der Waals surface area contributed by atoms with Crippen molar-refractivity contribution in [3.05, 3.63) is 80.1 Å². The lowest BCUT2D eigenvalue weighted by atomic mass is 9.84. The van der Waals surface area contributed by atoms with Gasteiger partial charge in [-0.05, 0) is 96.8 Å². The van der Waals surface area contributed by atoms with Crippen LogP contribution in [0.15, 0.2) is 30.3 Å². The fourth-order valence-corrected chi connectivity index (χ4v) is 5.77. The summed E-state index contributed by atoms with van der Waals surface area (Å²) in [5, 5.41) is 9.56. The van der Waals surface area contributed by atoms with Crippen LogP contribution in [0.2, 0.25) is 5.02 Å². The van der Waals surface area contributed by atoms with Crippen molar-refractivity contribution in [2.45, 2.75) is 45.7 Å². The van der Waals surface area contributed by atoms with Crippen LogP contribution in [0.3, 0.4) is 0 Å². The zero-order chi connectivity index (χ0) is 28.2. The predicted molar refractivity (Wildman–Crippen MR) is 138 cm³/mol. The number of alkyl halides is 3. The van der Waals surface area contributed by atoms with E-state index in [0.29, 0.717) is 59.4 Å². The van der Waals surface area contributed by atoms with Crippen LogP contribution in [0.25, 0.3) is 11.1 Å². The van der Waals surface area contributed by atoms with Gasteiger partial charge in [0.05, 0.1) is 29.2 Å². The molecule has 0 spiro atoms. The zero-order valence-corrected chi connectivity index (χ0v) is 21.9. The van der Waals surface area contributed by atoms with E-state index in [1.54, 1.807) is 13.0 Å². The van der Waals surface area contributed by atoms with E-state index in [0.717, 1.165) is 29.3 Å². The monoisotopic (exact) mass is 561 g/mol. The van der Waals surface area contributed by atoms with Crippen LogP contribution >= 0.6 is 11.6 Å². The van der Waals surface area contributed by atoms with Crippen molar-refractivity contribution >= 4 is 29.2 Å². The molecule has 0 atom stereocenters. The summed E-state index contributed by atoms with van der Waals surface area (Å²) < 4.78 is 60.9. The Kier molecular flexibility index (Phi) is 6.83. The van der Waals surface area contributed by atoms with E-state index in [1.807, 2.05) is 6.92 Å². The lowest BCUT2D eigenvalue weighted by Crippen LogP contribution is -2.29. The number of carboxylic acid groups (broad SMARTS) is 1. The Balaban J connectivity index is 1.69. The first-order valence-corrected chi connectivity index (χ1v) is 12.8. The fraction of sp³-hybridized carbons (Fsp3) is 0.310. The summed E-state index contributed by atoms with van der Waals surface area (Å²) in [6, 6.07) is 5.60. The van der Waals surface area contributed by atoms with Crippen molar-refractivity contribution in [2.75, 3.05) is 18.1 Å². The number of carboxylic acids is 1. The van der Waals surface area contributed by atoms with Crippen LogP contribution < -0.4 is 9.64 Å². The third kappa shape index (κ3) is 4.73. The number of halogens is 5. The van der Waals surface area contributed by atoms with Crippen molar-refractivity contribution in [3.63, 3.8) is 0 Å². The van der Waals surface area contributed by atoms with Gasteiger partial charge in [-0.3, -0.25) is 9.59 Å². The Morgan fingerprint density at radius 2 is 1.85 bits per heavy atom. The molecule has 2 aliphatic rings. The number of aliphatic carboxylic acids is 1. The normalized spacial score (nSPS) is 14.6. The molecule has 1 N–H and O–H groups in total. The summed E-state index contributed by atoms with van der Waals surface area (Å²) >= 11 is 6.16. The van der Waals surface area contributed by atoms with Gasteiger partial charge in [0.1, 0.15) is 0 Å². The number of amides is 1. The van der Waals surface area contributed by atoms with Gasteiger partial charge in [0.15, 0.2) is 11.6 Å². The minimum atomic E-state index is -4.66. The number of hydrogen-bond acceptors (Lipinski definition) is 3. The first kappa shape index (κ1) is 27.0. The Labute approximate surface area is 227 Å². The molecular formula is C29H24ClF4NO4. The molecule has 0 aromatic heterocycles. The highest BCUT2D eigenvalue weighted by molar-refractivity contribution is 6.34. The van der Waals surface area contributed by atoms with E-state index < -0.39 is 29.4 Å². The molecule has 0 aliphatic carbocycles. The largest absolute Gasteiger partial charge is 0.490 e. The van der Waals surface area contributed by atoms with E-state index in [4.69, 9.17) is 16.3 Å². The summed E-state index contributed by atoms with van der Waals surface area (Å²) in [4.78, 5) is 26.7. The lowest BCUT2D eigenvalue weighted by Gasteiger charge is -2.25. The van der Waals surface area contributed by atoms with Crippen molar-refractivity contribution in [1.82, 2.24) is 0 Å². The van der Waals surface area contributed by atoms with Crippen LogP contribution in [-0.4, -0.2) is 30.1 Å². The fourth-order valence-electron chi connectivity index (χ4n) is 5.57. The van der Waals surface area contributed by atoms with E-state index >= 15 is 4.39 Å². The maximum Gasteiger partial charge on any atom is 0.416 e. The molecule has 204 valence electrons. The van der Waals surface area contributed by atoms with Crippen molar-refractivity contribution in [2.24, 2.45) is 0 Å². The molecular weight excluding hydrogens is 538 g/mol. The van der Waals surface area contributed by atoms with Gasteiger partial charge in [0.25, 0.3) is 5.91 Å². The summed E-state index contributed by atoms with van der Waals surface area (Å²) in [6.45, 7) is 4.08. The van der Waals surface area contributed by atoms with Gasteiger partial charge in [0.2, 0.25) is 0 Å². The molecule has 0 bridgehead atoms. The third-order valence-electron chi connectivity index (χ3n) is 7.42. The molecule has 39 heavy (non-hydrogen) atoms. The summed E-state index contributed by atoms with van der Waals surface area (Å²) in [7, 11) is 0. The average Bonchev–Trinajstić information content (AvgIpc) is 3.29. The summed E-state index contributed by atoms with van der Waals surface area (Å²) in [6.07, 6.45) is -3.36. The van der Waals surface area contributed by atoms with Gasteiger partial charge >= 0.3 is 12.1 Å². The number of fused-ring (bicyclic) bond motifs is 2. The highest BCUT2D eigenvalue weighted by Crippen LogP contribution is 2.45. The number of carbonyl (C=O) groups excluding carboxylic acids is 1. The Morgan fingerprint density at radius 3 is 2.54 bits per heavy atom. The molecule has 0 saturated heterocycles. The topological polar surface area (TPSA) is 66.8 Å². The van der Waals surface area contributed by atoms with Crippen molar-refractivity contribution < 1.29 is 37.0 Å². The summed E-state index contributed by atoms with van der Waals surface area (Å²) in [5.41, 5.74) is 3.36. The molecule has 5 nitrogen and oxygen atoms in total. The zero-order valence-electron chi connectivity index (χ0n) is 21.1. The minimum Gasteiger partial charge on any atom is -0.490 e. The molecule has 0 unspecified atom stereocenters. The minimum absolute atomic E-state index is 0.117. The van der Waals surface area contributed by atoms with Crippen molar-refractivity contribution in [3.8, 4) is 16.9 Å². The lowest BCUT2D eigenvalue weighted by molar-refractivity contribution is -0.138. The molecule has 5 rings (SSSR count). The number of anilines is 1. The molecule has 1 amide bonds. The number of carbonyl (C=O) groups is 2. The van der Waals surface area contributed by atoms with Gasteiger partial charge in [-0.2, -0.15) is 13.2 Å². The Bertz CT molecular complexity index is 1530. The van der Waals surface area contributed by atoms with Crippen LogP contribution in [0.4, 0.5) is 23.2 Å². The highest BCUT2D eigenvalue weighted by Gasteiger charge is 2.35. The molecule has 3 aromatic carbocycles. The number of ether oxygens (including phenoxy) is 1. The molecule has 0 fully saturated rings. The van der Waals surface area contributed by atoms with Crippen LogP contribution in [0.1, 0.15) is 50.2 Å². The van der Waals surface area contributed by atoms with Crippen LogP contribution in [0.5, 0.6) is 5.75 Å². The second-order valence-corrected chi connectivity index (χ2v) is 10.2. The molecule has 2 heterocycles. The average molecular weight is 562 g/mol. The first-order chi connectivity index (χ1) is 18.4. The number of hydrogen-bond donors (Lipinski definition) is 1. The SMILES string of the molecule is Cc1cc2c(c(-c3cc(F)c4c(c3C)CCCO4)c1CC(=O)O)CCN2C(=O)c1cc(C(F)(F)F)ccc1Cl. The first-order valence-electron chi connectivity index (χ1n) is 12.4. The van der Waals surface area contributed by atoms with Gasteiger partial charge in [-0.1, -0.05) is 11.6 Å². The standard InChI is InChI=1S/C29H24ClF4NO4/c1-14-10-24-18(7-8-35(24)28(38)21-11-16(29(32,33)34)5-6-22(21)30)26(19(14)13-25(36)37)20-12-23(31)27-17(15(20)2)4-3-9-39-27/h5-6,10-12H,3-4,7-9,13H2,1-2H3,(H,36,37). The maximum atomic E-state index is 15.2. The quantitative estimate of drug-likeness (QED) is 0.351. The Morgan fingerprint density at radius 1 is 1.10 bits per heavy atom. The van der Waals surface area contributed by atoms with Gasteiger partial charge in [0, 0.05) is 17.8 Å². The molecule has 0 saturated carbocycles. The van der Waals surface area contributed by atoms with E-state index in [9.17, 15) is 27.9 Å². The molecule has 0 radical (unpaired) electrons. The van der Waals surface area contributed by atoms with E-state index in [-0.39, 0.29) is 29.3 Å².